The van der Waals surface area contributed by atoms with Crippen molar-refractivity contribution in [3.63, 3.8) is 0 Å². The lowest BCUT2D eigenvalue weighted by Crippen LogP contribution is -2.27. The van der Waals surface area contributed by atoms with Gasteiger partial charge in [-0.3, -0.25) is 0 Å². The first-order valence-corrected chi connectivity index (χ1v) is 7.16. The third kappa shape index (κ3) is 5.07. The number of hydrogen-bond acceptors (Lipinski definition) is 5. The lowest BCUT2D eigenvalue weighted by Gasteiger charge is -2.22. The van der Waals surface area contributed by atoms with Crippen LogP contribution >= 0.6 is 24.8 Å². The summed E-state index contributed by atoms with van der Waals surface area (Å²) in [5, 5.41) is 15.4. The highest BCUT2D eigenvalue weighted by Crippen LogP contribution is 2.25. The molecule has 1 aliphatic rings. The SMILES string of the molecule is Cl.Cl.N#Cc1ccc(Nc2cccc(C3CCNCC3)n2)cn1. The molecule has 2 aromatic heterocycles. The Bertz CT molecular complexity index is 648. The van der Waals surface area contributed by atoms with Crippen LogP contribution in [-0.4, -0.2) is 23.1 Å². The van der Waals surface area contributed by atoms with Crippen LogP contribution in [0.3, 0.4) is 0 Å². The molecule has 1 aliphatic heterocycles. The van der Waals surface area contributed by atoms with E-state index in [2.05, 4.69) is 21.7 Å². The molecule has 0 aromatic carbocycles. The molecule has 3 rings (SSSR count). The summed E-state index contributed by atoms with van der Waals surface area (Å²) in [4.78, 5) is 8.75. The number of nitrogens with one attached hydrogen (secondary N) is 2. The van der Waals surface area contributed by atoms with E-state index in [0.717, 1.165) is 43.1 Å². The van der Waals surface area contributed by atoms with Crippen molar-refractivity contribution < 1.29 is 0 Å². The quantitative estimate of drug-likeness (QED) is 0.886. The average Bonchev–Trinajstić information content (AvgIpc) is 2.57. The minimum atomic E-state index is 0. The van der Waals surface area contributed by atoms with E-state index in [9.17, 15) is 0 Å². The zero-order chi connectivity index (χ0) is 14.5. The number of nitriles is 1. The molecule has 2 aromatic rings. The van der Waals surface area contributed by atoms with E-state index in [1.165, 1.54) is 0 Å². The Morgan fingerprint density at radius 2 is 1.91 bits per heavy atom. The predicted molar refractivity (Wildman–Crippen MR) is 95.8 cm³/mol. The highest BCUT2D eigenvalue weighted by atomic mass is 35.5. The molecule has 0 aliphatic carbocycles. The van der Waals surface area contributed by atoms with E-state index in [1.54, 1.807) is 12.3 Å². The van der Waals surface area contributed by atoms with Gasteiger partial charge in [0.05, 0.1) is 11.9 Å². The molecule has 23 heavy (non-hydrogen) atoms. The van der Waals surface area contributed by atoms with E-state index in [-0.39, 0.29) is 24.8 Å². The van der Waals surface area contributed by atoms with Gasteiger partial charge in [-0.25, -0.2) is 9.97 Å². The van der Waals surface area contributed by atoms with Gasteiger partial charge in [0.15, 0.2) is 0 Å². The fourth-order valence-corrected chi connectivity index (χ4v) is 2.55. The summed E-state index contributed by atoms with van der Waals surface area (Å²) in [5.74, 6) is 1.35. The standard InChI is InChI=1S/C16H17N5.2ClH/c17-10-13-4-5-14(11-19-13)20-16-3-1-2-15(21-16)12-6-8-18-9-7-12;;/h1-5,11-12,18H,6-9H2,(H,20,21);2*1H. The smallest absolute Gasteiger partial charge is 0.140 e. The molecule has 122 valence electrons. The van der Waals surface area contributed by atoms with Gasteiger partial charge in [-0.15, -0.1) is 24.8 Å². The number of pyridine rings is 2. The van der Waals surface area contributed by atoms with E-state index in [0.29, 0.717) is 11.6 Å². The average molecular weight is 352 g/mol. The molecule has 0 bridgehead atoms. The van der Waals surface area contributed by atoms with Crippen LogP contribution < -0.4 is 10.6 Å². The summed E-state index contributed by atoms with van der Waals surface area (Å²) < 4.78 is 0. The topological polar surface area (TPSA) is 73.6 Å². The normalized spacial score (nSPS) is 14.0. The minimum Gasteiger partial charge on any atom is -0.339 e. The highest BCUT2D eigenvalue weighted by Gasteiger charge is 2.16. The lowest BCUT2D eigenvalue weighted by molar-refractivity contribution is 0.453. The Labute approximate surface area is 148 Å². The first-order chi connectivity index (χ1) is 10.3. The van der Waals surface area contributed by atoms with Gasteiger partial charge in [0.1, 0.15) is 17.6 Å². The van der Waals surface area contributed by atoms with Crippen molar-refractivity contribution in [3.05, 3.63) is 47.9 Å². The van der Waals surface area contributed by atoms with Gasteiger partial charge in [0, 0.05) is 11.6 Å². The zero-order valence-corrected chi connectivity index (χ0v) is 14.2. The number of rotatable bonds is 3. The van der Waals surface area contributed by atoms with Gasteiger partial charge in [-0.05, 0) is 50.2 Å². The second-order valence-electron chi connectivity index (χ2n) is 5.14. The maximum atomic E-state index is 8.75. The molecule has 0 unspecified atom stereocenters. The molecule has 0 amide bonds. The summed E-state index contributed by atoms with van der Waals surface area (Å²) in [5.41, 5.74) is 2.39. The van der Waals surface area contributed by atoms with Crippen molar-refractivity contribution in [2.75, 3.05) is 18.4 Å². The lowest BCUT2D eigenvalue weighted by atomic mass is 9.94. The van der Waals surface area contributed by atoms with Crippen LogP contribution in [0.25, 0.3) is 0 Å². The van der Waals surface area contributed by atoms with Crippen LogP contribution in [0.15, 0.2) is 36.5 Å². The number of halogens is 2. The maximum absolute atomic E-state index is 8.75. The second kappa shape index (κ2) is 9.31. The molecule has 1 fully saturated rings. The molecular formula is C16H19Cl2N5. The minimum absolute atomic E-state index is 0. The fourth-order valence-electron chi connectivity index (χ4n) is 2.55. The fraction of sp³-hybridized carbons (Fsp3) is 0.312. The second-order valence-corrected chi connectivity index (χ2v) is 5.14. The largest absolute Gasteiger partial charge is 0.339 e. The maximum Gasteiger partial charge on any atom is 0.140 e. The zero-order valence-electron chi connectivity index (χ0n) is 12.5. The van der Waals surface area contributed by atoms with Crippen LogP contribution in [0.5, 0.6) is 0 Å². The van der Waals surface area contributed by atoms with E-state index < -0.39 is 0 Å². The molecule has 1 saturated heterocycles. The molecule has 7 heteroatoms. The Hall–Kier alpha value is -1.87. The van der Waals surface area contributed by atoms with Crippen LogP contribution in [0, 0.1) is 11.3 Å². The summed E-state index contributed by atoms with van der Waals surface area (Å²) in [6, 6.07) is 11.6. The third-order valence-electron chi connectivity index (χ3n) is 3.68. The Morgan fingerprint density at radius 3 is 2.57 bits per heavy atom. The predicted octanol–water partition coefficient (Wildman–Crippen LogP) is 3.40. The van der Waals surface area contributed by atoms with E-state index in [4.69, 9.17) is 10.2 Å². The molecule has 2 N–H and O–H groups in total. The summed E-state index contributed by atoms with van der Waals surface area (Å²) in [6.07, 6.45) is 3.92. The van der Waals surface area contributed by atoms with Gasteiger partial charge in [0.2, 0.25) is 0 Å². The van der Waals surface area contributed by atoms with Crippen molar-refractivity contribution in [2.24, 2.45) is 0 Å². The van der Waals surface area contributed by atoms with E-state index >= 15 is 0 Å². The molecular weight excluding hydrogens is 333 g/mol. The Morgan fingerprint density at radius 1 is 1.13 bits per heavy atom. The van der Waals surface area contributed by atoms with Gasteiger partial charge in [0.25, 0.3) is 0 Å². The number of hydrogen-bond donors (Lipinski definition) is 2. The number of aromatic nitrogens is 2. The first-order valence-electron chi connectivity index (χ1n) is 7.16. The van der Waals surface area contributed by atoms with Gasteiger partial charge in [-0.2, -0.15) is 5.26 Å². The summed E-state index contributed by atoms with van der Waals surface area (Å²) in [6.45, 7) is 2.12. The van der Waals surface area contributed by atoms with Gasteiger partial charge < -0.3 is 10.6 Å². The Balaban J connectivity index is 0.00000132. The molecule has 0 atom stereocenters. The van der Waals surface area contributed by atoms with Crippen molar-refractivity contribution in [3.8, 4) is 6.07 Å². The molecule has 3 heterocycles. The Kier molecular flexibility index (Phi) is 7.76. The van der Waals surface area contributed by atoms with Crippen molar-refractivity contribution in [1.29, 1.82) is 5.26 Å². The van der Waals surface area contributed by atoms with Crippen LogP contribution in [0.4, 0.5) is 11.5 Å². The molecule has 0 radical (unpaired) electrons. The van der Waals surface area contributed by atoms with Gasteiger partial charge in [-0.1, -0.05) is 6.07 Å². The molecule has 5 nitrogen and oxygen atoms in total. The summed E-state index contributed by atoms with van der Waals surface area (Å²) >= 11 is 0. The van der Waals surface area contributed by atoms with Crippen LogP contribution in [0.1, 0.15) is 30.1 Å². The highest BCUT2D eigenvalue weighted by molar-refractivity contribution is 5.85. The van der Waals surface area contributed by atoms with E-state index in [1.807, 2.05) is 24.3 Å². The van der Waals surface area contributed by atoms with Crippen molar-refractivity contribution in [1.82, 2.24) is 15.3 Å². The molecule has 0 saturated carbocycles. The van der Waals surface area contributed by atoms with Crippen molar-refractivity contribution in [2.45, 2.75) is 18.8 Å². The van der Waals surface area contributed by atoms with Crippen molar-refractivity contribution >= 4 is 36.3 Å². The van der Waals surface area contributed by atoms with Gasteiger partial charge >= 0.3 is 0 Å². The number of nitrogens with zero attached hydrogens (tertiary/aromatic N) is 3. The molecule has 0 spiro atoms. The first kappa shape index (κ1) is 19.2. The number of anilines is 2. The third-order valence-corrected chi connectivity index (χ3v) is 3.68. The van der Waals surface area contributed by atoms with Crippen LogP contribution in [0.2, 0.25) is 0 Å². The van der Waals surface area contributed by atoms with Crippen LogP contribution in [-0.2, 0) is 0 Å². The summed E-state index contributed by atoms with van der Waals surface area (Å²) in [7, 11) is 0. The number of piperidine rings is 1. The monoisotopic (exact) mass is 351 g/mol.